The molecule has 1 saturated carbocycles. The van der Waals surface area contributed by atoms with Crippen LogP contribution in [0.3, 0.4) is 0 Å². The van der Waals surface area contributed by atoms with E-state index in [0.29, 0.717) is 6.42 Å². The predicted molar refractivity (Wildman–Crippen MR) is 96.9 cm³/mol. The fourth-order valence-corrected chi connectivity index (χ4v) is 4.53. The van der Waals surface area contributed by atoms with Gasteiger partial charge >= 0.3 is 5.97 Å². The van der Waals surface area contributed by atoms with Gasteiger partial charge in [0.25, 0.3) is 0 Å². The number of allylic oxidation sites excluding steroid dienone is 3. The van der Waals surface area contributed by atoms with E-state index in [4.69, 9.17) is 4.74 Å². The summed E-state index contributed by atoms with van der Waals surface area (Å²) in [5.74, 6) is 0.243. The third-order valence-electron chi connectivity index (χ3n) is 4.72. The smallest absolute Gasteiger partial charge is 0.306 e. The zero-order valence-electron chi connectivity index (χ0n) is 13.3. The molecule has 0 bridgehead atoms. The first kappa shape index (κ1) is 18.0. The number of carbonyl (C=O) groups excluding carboxylic acids is 1. The van der Waals surface area contributed by atoms with Gasteiger partial charge < -0.3 is 9.84 Å². The van der Waals surface area contributed by atoms with Crippen LogP contribution in [0.5, 0.6) is 0 Å². The molecule has 1 unspecified atom stereocenters. The lowest BCUT2D eigenvalue weighted by Gasteiger charge is -2.27. The van der Waals surface area contributed by atoms with Gasteiger partial charge in [-0.1, -0.05) is 53.8 Å². The molecule has 0 saturated heterocycles. The number of aliphatic hydroxyl groups excluding tert-OH is 1. The van der Waals surface area contributed by atoms with Crippen LogP contribution >= 0.6 is 22.6 Å². The molecule has 2 aliphatic rings. The average Bonchev–Trinajstić information content (AvgIpc) is 2.78. The third-order valence-corrected chi connectivity index (χ3v) is 5.96. The fraction of sp³-hybridized carbons (Fsp3) is 0.722. The second-order valence-corrected chi connectivity index (χ2v) is 7.90. The summed E-state index contributed by atoms with van der Waals surface area (Å²) in [6.45, 7) is 2.07. The molecule has 1 N–H and O–H groups in total. The van der Waals surface area contributed by atoms with Crippen LogP contribution in [0.4, 0.5) is 0 Å². The van der Waals surface area contributed by atoms with E-state index >= 15 is 0 Å². The molecule has 1 aliphatic heterocycles. The van der Waals surface area contributed by atoms with Crippen LogP contribution in [-0.4, -0.2) is 27.2 Å². The Morgan fingerprint density at radius 1 is 1.32 bits per heavy atom. The number of alkyl halides is 1. The van der Waals surface area contributed by atoms with E-state index in [1.165, 1.54) is 0 Å². The summed E-state index contributed by atoms with van der Waals surface area (Å²) in [5.41, 5.74) is 0. The minimum absolute atomic E-state index is 0.0740. The Labute approximate surface area is 147 Å². The molecular formula is C18H27IO3. The van der Waals surface area contributed by atoms with Crippen molar-refractivity contribution >= 4 is 28.6 Å². The lowest BCUT2D eigenvalue weighted by atomic mass is 9.88. The van der Waals surface area contributed by atoms with Crippen molar-refractivity contribution in [3.63, 3.8) is 0 Å². The van der Waals surface area contributed by atoms with Crippen LogP contribution in [0.1, 0.15) is 51.9 Å². The molecule has 0 radical (unpaired) electrons. The molecule has 3 nitrogen and oxygen atoms in total. The number of fused-ring (bicyclic) bond motifs is 1. The summed E-state index contributed by atoms with van der Waals surface area (Å²) >= 11 is 2.33. The zero-order valence-corrected chi connectivity index (χ0v) is 15.4. The van der Waals surface area contributed by atoms with Crippen LogP contribution in [0.15, 0.2) is 24.3 Å². The highest BCUT2D eigenvalue weighted by Gasteiger charge is 2.44. The average molecular weight is 418 g/mol. The van der Waals surface area contributed by atoms with Crippen molar-refractivity contribution in [2.75, 3.05) is 0 Å². The number of halogens is 1. The number of aliphatic hydroxyl groups is 1. The van der Waals surface area contributed by atoms with E-state index in [1.807, 2.05) is 0 Å². The summed E-state index contributed by atoms with van der Waals surface area (Å²) in [5, 5.41) is 10.5. The van der Waals surface area contributed by atoms with Gasteiger partial charge in [-0.05, 0) is 38.5 Å². The number of esters is 1. The van der Waals surface area contributed by atoms with Crippen molar-refractivity contribution in [1.82, 2.24) is 0 Å². The van der Waals surface area contributed by atoms with Crippen molar-refractivity contribution in [3.05, 3.63) is 24.3 Å². The van der Waals surface area contributed by atoms with Crippen LogP contribution in [-0.2, 0) is 9.53 Å². The standard InChI is InChI=1S/C18H27IO3/c1-2-16-14-12-15(19)18(21)13(14)10-8-6-4-3-5-7-9-11-17(20)22-16/h3-4,8,10,13-16,18,21H,2,5-7,9,11-12H2,1H3/b4-3-,10-8-/t13-,14+,15+,16-,18?/m0/s1. The first-order chi connectivity index (χ1) is 10.6. The maximum absolute atomic E-state index is 12.1. The molecule has 0 aromatic heterocycles. The molecule has 1 heterocycles. The van der Waals surface area contributed by atoms with Gasteiger partial charge in [-0.25, -0.2) is 0 Å². The molecule has 2 rings (SSSR count). The first-order valence-electron chi connectivity index (χ1n) is 8.46. The molecule has 0 aromatic rings. The van der Waals surface area contributed by atoms with Gasteiger partial charge in [-0.2, -0.15) is 0 Å². The summed E-state index contributed by atoms with van der Waals surface area (Å²) in [4.78, 5) is 12.1. The Bertz CT molecular complexity index is 419. The maximum atomic E-state index is 12.1. The van der Waals surface area contributed by atoms with Gasteiger partial charge in [-0.15, -0.1) is 0 Å². The van der Waals surface area contributed by atoms with Gasteiger partial charge in [0.1, 0.15) is 6.10 Å². The largest absolute Gasteiger partial charge is 0.462 e. The molecule has 0 amide bonds. The topological polar surface area (TPSA) is 46.5 Å². The Balaban J connectivity index is 2.16. The minimum atomic E-state index is -0.341. The maximum Gasteiger partial charge on any atom is 0.306 e. The number of carbonyl (C=O) groups is 1. The Morgan fingerprint density at radius 2 is 2.14 bits per heavy atom. The Kier molecular flexibility index (Phi) is 7.41. The summed E-state index contributed by atoms with van der Waals surface area (Å²) in [7, 11) is 0. The third kappa shape index (κ3) is 4.82. The van der Waals surface area contributed by atoms with Crippen molar-refractivity contribution < 1.29 is 14.6 Å². The van der Waals surface area contributed by atoms with Crippen LogP contribution in [0, 0.1) is 11.8 Å². The first-order valence-corrected chi connectivity index (χ1v) is 9.71. The highest BCUT2D eigenvalue weighted by Crippen LogP contribution is 2.41. The predicted octanol–water partition coefficient (Wildman–Crippen LogP) is 4.19. The highest BCUT2D eigenvalue weighted by molar-refractivity contribution is 14.1. The molecule has 1 fully saturated rings. The molecule has 124 valence electrons. The second-order valence-electron chi connectivity index (χ2n) is 6.30. The highest BCUT2D eigenvalue weighted by atomic mass is 127. The van der Waals surface area contributed by atoms with E-state index in [9.17, 15) is 9.90 Å². The summed E-state index contributed by atoms with van der Waals surface area (Å²) in [6, 6.07) is 0. The SMILES string of the molecule is CC[C@@H]1OC(=O)CCCC/C=C\C/C=C\[C@@H]2C(O)[C@H](I)C[C@@H]12. The number of hydrogen-bond donors (Lipinski definition) is 1. The van der Waals surface area contributed by atoms with E-state index in [-0.39, 0.29) is 33.9 Å². The minimum Gasteiger partial charge on any atom is -0.462 e. The van der Waals surface area contributed by atoms with Crippen LogP contribution < -0.4 is 0 Å². The van der Waals surface area contributed by atoms with Crippen LogP contribution in [0.25, 0.3) is 0 Å². The Morgan fingerprint density at radius 3 is 2.91 bits per heavy atom. The summed E-state index contributed by atoms with van der Waals surface area (Å²) < 4.78 is 5.98. The molecule has 1 aliphatic carbocycles. The van der Waals surface area contributed by atoms with Gasteiger partial charge in [0.2, 0.25) is 0 Å². The number of ether oxygens (including phenoxy) is 1. The molecule has 0 aromatic carbocycles. The molecule has 0 spiro atoms. The van der Waals surface area contributed by atoms with E-state index < -0.39 is 0 Å². The number of hydrogen-bond acceptors (Lipinski definition) is 3. The quantitative estimate of drug-likeness (QED) is 0.301. The van der Waals surface area contributed by atoms with Gasteiger partial charge in [0.15, 0.2) is 0 Å². The van der Waals surface area contributed by atoms with Crippen molar-refractivity contribution in [3.8, 4) is 0 Å². The molecule has 22 heavy (non-hydrogen) atoms. The monoisotopic (exact) mass is 418 g/mol. The van der Waals surface area contributed by atoms with Crippen LogP contribution in [0.2, 0.25) is 0 Å². The van der Waals surface area contributed by atoms with Crippen molar-refractivity contribution in [2.24, 2.45) is 11.8 Å². The Hall–Kier alpha value is -0.360. The van der Waals surface area contributed by atoms with Gasteiger partial charge in [0, 0.05) is 22.2 Å². The lowest BCUT2D eigenvalue weighted by Crippen LogP contribution is -2.31. The second kappa shape index (κ2) is 9.06. The lowest BCUT2D eigenvalue weighted by molar-refractivity contribution is -0.153. The molecule has 5 atom stereocenters. The van der Waals surface area contributed by atoms with Gasteiger partial charge in [-0.3, -0.25) is 4.79 Å². The number of cyclic esters (lactones) is 1. The zero-order chi connectivity index (χ0) is 15.9. The number of rotatable bonds is 1. The van der Waals surface area contributed by atoms with Crippen molar-refractivity contribution in [1.29, 1.82) is 0 Å². The fourth-order valence-electron chi connectivity index (χ4n) is 3.47. The normalized spacial score (nSPS) is 40.3. The van der Waals surface area contributed by atoms with E-state index in [2.05, 4.69) is 53.8 Å². The molecule has 4 heteroatoms. The van der Waals surface area contributed by atoms with E-state index in [0.717, 1.165) is 38.5 Å². The molecular weight excluding hydrogens is 391 g/mol. The van der Waals surface area contributed by atoms with Gasteiger partial charge in [0.05, 0.1) is 6.10 Å². The van der Waals surface area contributed by atoms with Crippen molar-refractivity contribution in [2.45, 2.75) is 68.0 Å². The van der Waals surface area contributed by atoms with E-state index in [1.54, 1.807) is 0 Å². The summed E-state index contributed by atoms with van der Waals surface area (Å²) in [6.07, 6.45) is 14.3.